The second-order valence-corrected chi connectivity index (χ2v) is 11.4. The highest BCUT2D eigenvalue weighted by Gasteiger charge is 2.38. The number of thiophene rings is 1. The number of rotatable bonds is 5. The third kappa shape index (κ3) is 4.72. The number of hydrogen-bond donors (Lipinski definition) is 0. The van der Waals surface area contributed by atoms with Gasteiger partial charge in [0.05, 0.1) is 0 Å². The Bertz CT molecular complexity index is 1330. The van der Waals surface area contributed by atoms with Gasteiger partial charge in [-0.2, -0.15) is 11.3 Å². The summed E-state index contributed by atoms with van der Waals surface area (Å²) in [6.07, 6.45) is 2.44. The van der Waals surface area contributed by atoms with Gasteiger partial charge in [0, 0.05) is 31.1 Å². The normalized spacial score (nSPS) is 21.3. The Hall–Kier alpha value is -2.95. The maximum Gasteiger partial charge on any atom is 0.254 e. The summed E-state index contributed by atoms with van der Waals surface area (Å²) < 4.78 is 0. The Balaban J connectivity index is 1.17. The molecule has 3 aromatic carbocycles. The fourth-order valence-electron chi connectivity index (χ4n) is 6.37. The molecule has 2 aliphatic heterocycles. The average Bonchev–Trinajstić information content (AvgIpc) is 3.59. The van der Waals surface area contributed by atoms with Gasteiger partial charge in [-0.3, -0.25) is 4.79 Å². The molecule has 2 unspecified atom stereocenters. The summed E-state index contributed by atoms with van der Waals surface area (Å²) in [5, 5.41) is 6.64. The van der Waals surface area contributed by atoms with E-state index in [2.05, 4.69) is 76.0 Å². The van der Waals surface area contributed by atoms with Crippen LogP contribution in [0.3, 0.4) is 0 Å². The lowest BCUT2D eigenvalue weighted by Gasteiger charge is -2.34. The molecular weight excluding hydrogens is 460 g/mol. The summed E-state index contributed by atoms with van der Waals surface area (Å²) in [7, 11) is 0. The number of likely N-dealkylation sites (tertiary alicyclic amines) is 2. The number of piperidine rings is 1. The quantitative estimate of drug-likeness (QED) is 0.300. The van der Waals surface area contributed by atoms with Gasteiger partial charge in [-0.05, 0) is 89.5 Å². The number of benzene rings is 3. The molecule has 0 N–H and O–H groups in total. The minimum atomic E-state index is 0.174. The van der Waals surface area contributed by atoms with Crippen LogP contribution in [0.15, 0.2) is 83.6 Å². The lowest BCUT2D eigenvalue weighted by atomic mass is 9.86. The molecule has 0 aliphatic carbocycles. The zero-order valence-electron chi connectivity index (χ0n) is 21.0. The summed E-state index contributed by atoms with van der Waals surface area (Å²) in [6.45, 7) is 7.18. The Morgan fingerprint density at radius 3 is 2.53 bits per heavy atom. The smallest absolute Gasteiger partial charge is 0.254 e. The lowest BCUT2D eigenvalue weighted by molar-refractivity contribution is 0.0783. The molecule has 184 valence electrons. The predicted octanol–water partition coefficient (Wildman–Crippen LogP) is 6.95. The van der Waals surface area contributed by atoms with Gasteiger partial charge >= 0.3 is 0 Å². The Kier molecular flexibility index (Phi) is 6.64. The molecule has 0 saturated carbocycles. The van der Waals surface area contributed by atoms with Crippen molar-refractivity contribution in [1.82, 2.24) is 9.80 Å². The number of aryl methyl sites for hydroxylation is 1. The van der Waals surface area contributed by atoms with Gasteiger partial charge in [-0.15, -0.1) is 0 Å². The molecule has 36 heavy (non-hydrogen) atoms. The second kappa shape index (κ2) is 10.2. The van der Waals surface area contributed by atoms with Crippen molar-refractivity contribution in [2.24, 2.45) is 5.92 Å². The van der Waals surface area contributed by atoms with Gasteiger partial charge in [0.2, 0.25) is 0 Å². The van der Waals surface area contributed by atoms with E-state index in [-0.39, 0.29) is 5.91 Å². The maximum absolute atomic E-state index is 13.8. The van der Waals surface area contributed by atoms with Crippen LogP contribution in [0.5, 0.6) is 0 Å². The molecule has 1 aromatic heterocycles. The SMILES string of the molecule is Cc1cccc(C2CCN(CC3CN(C(=O)c4cccc5ccccc45)CC3c3ccsc3)CC2)c1. The molecule has 0 bridgehead atoms. The summed E-state index contributed by atoms with van der Waals surface area (Å²) in [5.41, 5.74) is 5.08. The van der Waals surface area contributed by atoms with Crippen molar-refractivity contribution in [3.05, 3.63) is 106 Å². The molecule has 4 heteroatoms. The van der Waals surface area contributed by atoms with E-state index in [0.717, 1.165) is 49.1 Å². The highest BCUT2D eigenvalue weighted by atomic mass is 32.1. The van der Waals surface area contributed by atoms with Crippen LogP contribution in [-0.2, 0) is 0 Å². The summed E-state index contributed by atoms with van der Waals surface area (Å²) >= 11 is 1.76. The van der Waals surface area contributed by atoms with Gasteiger partial charge in [0.25, 0.3) is 5.91 Å². The predicted molar refractivity (Wildman–Crippen MR) is 150 cm³/mol. The van der Waals surface area contributed by atoms with Crippen molar-refractivity contribution in [1.29, 1.82) is 0 Å². The van der Waals surface area contributed by atoms with Gasteiger partial charge in [0.1, 0.15) is 0 Å². The number of fused-ring (bicyclic) bond motifs is 1. The summed E-state index contributed by atoms with van der Waals surface area (Å²) in [4.78, 5) is 18.5. The molecule has 2 atom stereocenters. The van der Waals surface area contributed by atoms with E-state index >= 15 is 0 Å². The third-order valence-corrected chi connectivity index (χ3v) is 9.01. The molecule has 0 radical (unpaired) electrons. The average molecular weight is 495 g/mol. The van der Waals surface area contributed by atoms with Crippen LogP contribution in [-0.4, -0.2) is 48.4 Å². The fraction of sp³-hybridized carbons (Fsp3) is 0.344. The Labute approximate surface area is 218 Å². The highest BCUT2D eigenvalue weighted by molar-refractivity contribution is 7.08. The molecule has 3 nitrogen and oxygen atoms in total. The first kappa shape index (κ1) is 23.4. The molecule has 2 aliphatic rings. The highest BCUT2D eigenvalue weighted by Crippen LogP contribution is 2.37. The Morgan fingerprint density at radius 2 is 1.72 bits per heavy atom. The van der Waals surface area contributed by atoms with Crippen LogP contribution in [0.4, 0.5) is 0 Å². The van der Waals surface area contributed by atoms with Crippen molar-refractivity contribution < 1.29 is 4.79 Å². The molecule has 0 spiro atoms. The number of carbonyl (C=O) groups excluding carboxylic acids is 1. The minimum Gasteiger partial charge on any atom is -0.338 e. The van der Waals surface area contributed by atoms with Crippen LogP contribution in [0.2, 0.25) is 0 Å². The van der Waals surface area contributed by atoms with E-state index in [1.807, 2.05) is 24.3 Å². The van der Waals surface area contributed by atoms with E-state index < -0.39 is 0 Å². The summed E-state index contributed by atoms with van der Waals surface area (Å²) in [6, 6.07) is 25.6. The molecule has 2 fully saturated rings. The van der Waals surface area contributed by atoms with Crippen LogP contribution in [0.25, 0.3) is 10.8 Å². The molecule has 4 aromatic rings. The van der Waals surface area contributed by atoms with Crippen LogP contribution >= 0.6 is 11.3 Å². The van der Waals surface area contributed by atoms with E-state index in [0.29, 0.717) is 17.8 Å². The summed E-state index contributed by atoms with van der Waals surface area (Å²) in [5.74, 6) is 1.72. The number of carbonyl (C=O) groups is 1. The molecule has 3 heterocycles. The number of nitrogens with zero attached hydrogens (tertiary/aromatic N) is 2. The van der Waals surface area contributed by atoms with Crippen molar-refractivity contribution in [2.45, 2.75) is 31.6 Å². The maximum atomic E-state index is 13.8. The first-order valence-electron chi connectivity index (χ1n) is 13.2. The van der Waals surface area contributed by atoms with Crippen molar-refractivity contribution >= 4 is 28.0 Å². The monoisotopic (exact) mass is 494 g/mol. The Morgan fingerprint density at radius 1 is 0.917 bits per heavy atom. The van der Waals surface area contributed by atoms with E-state index in [4.69, 9.17) is 0 Å². The number of hydrogen-bond acceptors (Lipinski definition) is 3. The zero-order valence-corrected chi connectivity index (χ0v) is 21.8. The molecular formula is C32H34N2OS. The van der Waals surface area contributed by atoms with Gasteiger partial charge < -0.3 is 9.80 Å². The molecule has 1 amide bonds. The second-order valence-electron chi connectivity index (χ2n) is 10.6. The zero-order chi connectivity index (χ0) is 24.5. The van der Waals surface area contributed by atoms with Crippen LogP contribution in [0.1, 0.15) is 51.7 Å². The van der Waals surface area contributed by atoms with Crippen LogP contribution in [0, 0.1) is 12.8 Å². The first-order valence-corrected chi connectivity index (χ1v) is 14.2. The van der Waals surface area contributed by atoms with Gasteiger partial charge in [0.15, 0.2) is 0 Å². The van der Waals surface area contributed by atoms with E-state index in [1.165, 1.54) is 29.5 Å². The molecule has 6 rings (SSSR count). The van der Waals surface area contributed by atoms with E-state index in [1.54, 1.807) is 11.3 Å². The minimum absolute atomic E-state index is 0.174. The third-order valence-electron chi connectivity index (χ3n) is 8.31. The fourth-order valence-corrected chi connectivity index (χ4v) is 7.10. The van der Waals surface area contributed by atoms with Gasteiger partial charge in [-0.25, -0.2) is 0 Å². The van der Waals surface area contributed by atoms with Gasteiger partial charge in [-0.1, -0.05) is 66.2 Å². The van der Waals surface area contributed by atoms with E-state index in [9.17, 15) is 4.79 Å². The number of amides is 1. The largest absolute Gasteiger partial charge is 0.338 e. The standard InChI is InChI=1S/C32H34N2OS/c1-23-6-4-9-26(18-23)24-12-15-33(16-13-24)19-28-20-34(21-31(28)27-14-17-36-22-27)32(35)30-11-5-8-25-7-2-3-10-29(25)30/h2-11,14,17-18,22,24,28,31H,12-13,15-16,19-21H2,1H3. The van der Waals surface area contributed by atoms with Crippen molar-refractivity contribution in [3.63, 3.8) is 0 Å². The van der Waals surface area contributed by atoms with Crippen LogP contribution < -0.4 is 0 Å². The topological polar surface area (TPSA) is 23.6 Å². The first-order chi connectivity index (χ1) is 17.7. The lowest BCUT2D eigenvalue weighted by Crippen LogP contribution is -2.38. The van der Waals surface area contributed by atoms with Crippen molar-refractivity contribution in [3.8, 4) is 0 Å². The molecule has 2 saturated heterocycles. The van der Waals surface area contributed by atoms with Crippen molar-refractivity contribution in [2.75, 3.05) is 32.7 Å².